The highest BCUT2D eigenvalue weighted by Gasteiger charge is 2.30. The molecule has 210 valence electrons. The number of carbonyl (C=O) groups is 3. The molecular weight excluding hydrogens is 517 g/mol. The van der Waals surface area contributed by atoms with Crippen LogP contribution in [0.25, 0.3) is 0 Å². The maximum atomic E-state index is 13.8. The Hall–Kier alpha value is -4.28. The number of amides is 2. The van der Waals surface area contributed by atoms with E-state index in [0.717, 1.165) is 25.7 Å². The number of benzene rings is 2. The van der Waals surface area contributed by atoms with Crippen molar-refractivity contribution in [1.82, 2.24) is 15.1 Å². The van der Waals surface area contributed by atoms with E-state index in [2.05, 4.69) is 20.8 Å². The van der Waals surface area contributed by atoms with Crippen LogP contribution in [0.5, 0.6) is 0 Å². The predicted molar refractivity (Wildman–Crippen MR) is 145 cm³/mol. The summed E-state index contributed by atoms with van der Waals surface area (Å²) < 4.78 is 19.1. The number of aromatic nitrogens is 2. The summed E-state index contributed by atoms with van der Waals surface area (Å²) in [6.45, 7) is 1.07. The van der Waals surface area contributed by atoms with Gasteiger partial charge in [-0.2, -0.15) is 0 Å². The van der Waals surface area contributed by atoms with Crippen LogP contribution in [0, 0.1) is 17.7 Å². The Morgan fingerprint density at radius 1 is 0.950 bits per heavy atom. The monoisotopic (exact) mass is 549 g/mol. The number of likely N-dealkylation sites (tertiary alicyclic amines) is 1. The van der Waals surface area contributed by atoms with E-state index in [9.17, 15) is 18.8 Å². The van der Waals surface area contributed by atoms with Gasteiger partial charge in [0.2, 0.25) is 5.91 Å². The minimum absolute atomic E-state index is 0.0920. The van der Waals surface area contributed by atoms with E-state index in [4.69, 9.17) is 9.52 Å². The number of rotatable bonds is 8. The second-order valence-electron chi connectivity index (χ2n) is 10.5. The van der Waals surface area contributed by atoms with E-state index >= 15 is 0 Å². The van der Waals surface area contributed by atoms with E-state index in [1.807, 2.05) is 29.2 Å². The number of piperidine rings is 1. The molecular formula is C29H32FN5O5. The minimum Gasteiger partial charge on any atom is -0.481 e. The Morgan fingerprint density at radius 2 is 1.65 bits per heavy atom. The second-order valence-corrected chi connectivity index (χ2v) is 10.5. The number of hydrogen-bond acceptors (Lipinski definition) is 7. The number of nitrogens with zero attached hydrogens (tertiary/aromatic N) is 3. The molecule has 2 fully saturated rings. The second kappa shape index (κ2) is 12.3. The number of nitrogens with one attached hydrogen (secondary N) is 2. The zero-order chi connectivity index (χ0) is 28.1. The largest absolute Gasteiger partial charge is 0.481 e. The normalized spacial score (nSPS) is 19.7. The van der Waals surface area contributed by atoms with Crippen molar-refractivity contribution in [3.05, 3.63) is 65.8 Å². The van der Waals surface area contributed by atoms with Crippen molar-refractivity contribution >= 4 is 35.2 Å². The number of hydrogen-bond donors (Lipinski definition) is 3. The summed E-state index contributed by atoms with van der Waals surface area (Å²) >= 11 is 0. The van der Waals surface area contributed by atoms with Gasteiger partial charge in [-0.1, -0.05) is 29.4 Å². The summed E-state index contributed by atoms with van der Waals surface area (Å²) in [5.74, 6) is -1.51. The Labute approximate surface area is 231 Å². The summed E-state index contributed by atoms with van der Waals surface area (Å²) in [7, 11) is 0. The lowest BCUT2D eigenvalue weighted by molar-refractivity contribution is -0.146. The molecule has 3 aromatic rings. The lowest BCUT2D eigenvalue weighted by Crippen LogP contribution is -2.41. The van der Waals surface area contributed by atoms with Crippen LogP contribution < -0.4 is 10.6 Å². The smallest absolute Gasteiger partial charge is 0.320 e. The molecule has 1 saturated heterocycles. The molecule has 1 saturated carbocycles. The fourth-order valence-electron chi connectivity index (χ4n) is 5.52. The summed E-state index contributed by atoms with van der Waals surface area (Å²) in [5.41, 5.74) is 1.93. The Bertz CT molecular complexity index is 1340. The molecule has 10 nitrogen and oxygen atoms in total. The van der Waals surface area contributed by atoms with Crippen LogP contribution in [0.4, 0.5) is 21.8 Å². The number of anilines is 3. The van der Waals surface area contributed by atoms with Crippen LogP contribution in [0.3, 0.4) is 0 Å². The first-order valence-corrected chi connectivity index (χ1v) is 13.6. The van der Waals surface area contributed by atoms with Gasteiger partial charge in [0.05, 0.1) is 11.6 Å². The van der Waals surface area contributed by atoms with Crippen LogP contribution in [0.15, 0.2) is 52.9 Å². The van der Waals surface area contributed by atoms with Gasteiger partial charge >= 0.3 is 23.8 Å². The van der Waals surface area contributed by atoms with E-state index in [1.165, 1.54) is 17.7 Å². The van der Waals surface area contributed by atoms with Gasteiger partial charge in [0.1, 0.15) is 5.82 Å². The molecule has 2 aliphatic rings. The molecule has 1 aliphatic carbocycles. The van der Waals surface area contributed by atoms with Gasteiger partial charge in [-0.3, -0.25) is 14.4 Å². The molecule has 2 amide bonds. The van der Waals surface area contributed by atoms with Crippen LogP contribution in [0.2, 0.25) is 0 Å². The van der Waals surface area contributed by atoms with E-state index in [1.54, 1.807) is 12.1 Å². The highest BCUT2D eigenvalue weighted by atomic mass is 19.1. The lowest BCUT2D eigenvalue weighted by atomic mass is 9.77. The topological polar surface area (TPSA) is 138 Å². The molecule has 2 aromatic carbocycles. The van der Waals surface area contributed by atoms with Gasteiger partial charge in [0, 0.05) is 25.2 Å². The molecule has 1 aromatic heterocycles. The molecule has 40 heavy (non-hydrogen) atoms. The molecule has 0 radical (unpaired) electrons. The summed E-state index contributed by atoms with van der Waals surface area (Å²) in [4.78, 5) is 38.2. The van der Waals surface area contributed by atoms with Crippen LogP contribution >= 0.6 is 0 Å². The molecule has 3 N–H and O–H groups in total. The van der Waals surface area contributed by atoms with Crippen molar-refractivity contribution in [3.8, 4) is 0 Å². The third-order valence-corrected chi connectivity index (χ3v) is 7.88. The highest BCUT2D eigenvalue weighted by molar-refractivity contribution is 6.00. The highest BCUT2D eigenvalue weighted by Crippen LogP contribution is 2.38. The van der Waals surface area contributed by atoms with Gasteiger partial charge in [-0.05, 0) is 80.2 Å². The maximum Gasteiger partial charge on any atom is 0.320 e. The van der Waals surface area contributed by atoms with E-state index < -0.39 is 17.7 Å². The summed E-state index contributed by atoms with van der Waals surface area (Å²) in [5, 5.41) is 22.0. The van der Waals surface area contributed by atoms with Crippen molar-refractivity contribution in [2.45, 2.75) is 50.9 Å². The van der Waals surface area contributed by atoms with Crippen molar-refractivity contribution < 1.29 is 28.3 Å². The van der Waals surface area contributed by atoms with Gasteiger partial charge in [-0.25, -0.2) is 4.39 Å². The number of halogens is 1. The SMILES string of the molecule is O=C(Nc1ccc([C@H]2CC[C@H](CC(=O)N3CCC(C(=O)O)CC3)CC2)cc1)c1nnc(Nc2ccccc2F)o1. The fraction of sp³-hybridized carbons (Fsp3) is 0.414. The number of carboxylic acid groups (broad SMARTS) is 1. The molecule has 0 unspecified atom stereocenters. The fourth-order valence-corrected chi connectivity index (χ4v) is 5.52. The van der Waals surface area contributed by atoms with Crippen LogP contribution in [-0.2, 0) is 9.59 Å². The summed E-state index contributed by atoms with van der Waals surface area (Å²) in [6.07, 6.45) is 5.53. The summed E-state index contributed by atoms with van der Waals surface area (Å²) in [6, 6.07) is 13.6. The molecule has 0 atom stereocenters. The standard InChI is InChI=1S/C29H32FN5O5/c30-23-3-1-2-4-24(23)32-29-34-33-27(40-29)26(37)31-22-11-9-20(10-12-22)19-7-5-18(6-8-19)17-25(36)35-15-13-21(14-16-35)28(38)39/h1-4,9-12,18-19,21H,5-8,13-17H2,(H,31,37)(H,32,34)(H,38,39)/t18-,19-. The average molecular weight is 550 g/mol. The predicted octanol–water partition coefficient (Wildman–Crippen LogP) is 5.19. The lowest BCUT2D eigenvalue weighted by Gasteiger charge is -2.33. The molecule has 0 spiro atoms. The minimum atomic E-state index is -0.767. The van der Waals surface area contributed by atoms with Crippen molar-refractivity contribution in [1.29, 1.82) is 0 Å². The van der Waals surface area contributed by atoms with Gasteiger partial charge in [0.25, 0.3) is 0 Å². The quantitative estimate of drug-likeness (QED) is 0.349. The van der Waals surface area contributed by atoms with E-state index in [0.29, 0.717) is 49.9 Å². The first kappa shape index (κ1) is 27.3. The van der Waals surface area contributed by atoms with Gasteiger partial charge < -0.3 is 25.1 Å². The number of carbonyl (C=O) groups excluding carboxylic acids is 2. The molecule has 5 rings (SSSR count). The van der Waals surface area contributed by atoms with Crippen LogP contribution in [-0.4, -0.2) is 51.1 Å². The number of para-hydroxylation sites is 1. The third kappa shape index (κ3) is 6.64. The molecule has 11 heteroatoms. The Kier molecular flexibility index (Phi) is 8.37. The van der Waals surface area contributed by atoms with Crippen molar-refractivity contribution in [3.63, 3.8) is 0 Å². The van der Waals surface area contributed by atoms with Crippen molar-refractivity contribution in [2.75, 3.05) is 23.7 Å². The molecule has 2 heterocycles. The average Bonchev–Trinajstić information content (AvgIpc) is 3.44. The Morgan fingerprint density at radius 3 is 2.33 bits per heavy atom. The molecule has 1 aliphatic heterocycles. The third-order valence-electron chi connectivity index (χ3n) is 7.88. The number of aliphatic carboxylic acids is 1. The zero-order valence-corrected chi connectivity index (χ0v) is 22.0. The zero-order valence-electron chi connectivity index (χ0n) is 22.0. The molecule has 0 bridgehead atoms. The van der Waals surface area contributed by atoms with Crippen molar-refractivity contribution in [2.24, 2.45) is 11.8 Å². The van der Waals surface area contributed by atoms with Gasteiger partial charge in [0.15, 0.2) is 0 Å². The number of carboxylic acids is 1. The van der Waals surface area contributed by atoms with E-state index in [-0.39, 0.29) is 29.4 Å². The maximum absolute atomic E-state index is 13.8. The first-order valence-electron chi connectivity index (χ1n) is 13.6. The van der Waals surface area contributed by atoms with Gasteiger partial charge in [-0.15, -0.1) is 5.10 Å². The first-order chi connectivity index (χ1) is 19.4. The van der Waals surface area contributed by atoms with Crippen LogP contribution in [0.1, 0.15) is 67.1 Å². The Balaban J connectivity index is 1.07.